The van der Waals surface area contributed by atoms with E-state index in [2.05, 4.69) is 4.98 Å². The van der Waals surface area contributed by atoms with Crippen LogP contribution in [-0.4, -0.2) is 4.98 Å². The van der Waals surface area contributed by atoms with Gasteiger partial charge in [-0.2, -0.15) is 0 Å². The summed E-state index contributed by atoms with van der Waals surface area (Å²) in [5.41, 5.74) is -0.0447. The van der Waals surface area contributed by atoms with Gasteiger partial charge in [0.25, 0.3) is 0 Å². The van der Waals surface area contributed by atoms with Crippen LogP contribution in [0.5, 0.6) is 0 Å². The van der Waals surface area contributed by atoms with Crippen LogP contribution in [0.3, 0.4) is 0 Å². The third kappa shape index (κ3) is 2.76. The largest absolute Gasteiger partial charge is 0.252 e. The van der Waals surface area contributed by atoms with Crippen molar-refractivity contribution in [2.75, 3.05) is 0 Å². The van der Waals surface area contributed by atoms with E-state index < -0.39 is 5.82 Å². The van der Waals surface area contributed by atoms with Gasteiger partial charge in [0.05, 0.1) is 30.1 Å². The van der Waals surface area contributed by atoms with E-state index in [4.69, 9.17) is 69.6 Å². The Hall–Kier alpha value is 0.0400. The van der Waals surface area contributed by atoms with Crippen LogP contribution in [0.25, 0.3) is 11.3 Å². The van der Waals surface area contributed by atoms with Crippen LogP contribution in [-0.2, 0) is 0 Å². The average Bonchev–Trinajstić information content (AvgIpc) is 2.37. The first-order valence-electron chi connectivity index (χ1n) is 4.67. The summed E-state index contributed by atoms with van der Waals surface area (Å²) in [5, 5.41) is 0.0217. The number of benzene rings is 1. The number of hydrogen-bond donors (Lipinski definition) is 0. The van der Waals surface area contributed by atoms with Gasteiger partial charge in [0.2, 0.25) is 0 Å². The molecule has 19 heavy (non-hydrogen) atoms. The van der Waals surface area contributed by atoms with Gasteiger partial charge >= 0.3 is 0 Å². The molecule has 0 radical (unpaired) electrons. The second-order valence-electron chi connectivity index (χ2n) is 3.43. The molecule has 0 spiro atoms. The monoisotopic (exact) mass is 377 g/mol. The molecule has 1 aromatic carbocycles. The molecule has 0 unspecified atom stereocenters. The molecule has 1 nitrogen and oxygen atoms in total. The van der Waals surface area contributed by atoms with Crippen molar-refractivity contribution in [1.29, 1.82) is 0 Å². The van der Waals surface area contributed by atoms with Gasteiger partial charge in [-0.3, -0.25) is 4.98 Å². The highest BCUT2D eigenvalue weighted by Crippen LogP contribution is 2.48. The summed E-state index contributed by atoms with van der Waals surface area (Å²) in [6.07, 6.45) is 1.25. The SMILES string of the molecule is Fc1cc(Cl)cnc1-c1c(Cl)c(Cl)c(Cl)c(Cl)c1Cl. The van der Waals surface area contributed by atoms with Crippen LogP contribution >= 0.6 is 69.6 Å². The Morgan fingerprint density at radius 2 is 1.26 bits per heavy atom. The van der Waals surface area contributed by atoms with Gasteiger partial charge in [-0.15, -0.1) is 0 Å². The van der Waals surface area contributed by atoms with E-state index in [0.717, 1.165) is 6.07 Å². The summed E-state index contributed by atoms with van der Waals surface area (Å²) in [4.78, 5) is 3.85. The number of halogens is 7. The van der Waals surface area contributed by atoms with Gasteiger partial charge in [0.1, 0.15) is 5.69 Å². The highest BCUT2D eigenvalue weighted by atomic mass is 35.5. The van der Waals surface area contributed by atoms with Crippen molar-refractivity contribution in [3.63, 3.8) is 0 Å². The van der Waals surface area contributed by atoms with Crippen molar-refractivity contribution in [1.82, 2.24) is 4.98 Å². The number of aromatic nitrogens is 1. The zero-order chi connectivity index (χ0) is 14.3. The zero-order valence-corrected chi connectivity index (χ0v) is 13.3. The third-order valence-corrected chi connectivity index (χ3v) is 4.74. The Bertz CT molecular complexity index is 644. The van der Waals surface area contributed by atoms with Gasteiger partial charge in [-0.1, -0.05) is 69.6 Å². The van der Waals surface area contributed by atoms with E-state index in [1.807, 2.05) is 0 Å². The molecule has 0 atom stereocenters. The highest BCUT2D eigenvalue weighted by Gasteiger charge is 2.23. The number of pyridine rings is 1. The third-order valence-electron chi connectivity index (χ3n) is 2.25. The standard InChI is InChI=1S/C11H2Cl6FN/c12-3-1-4(18)11(19-2-3)5-6(13)8(15)10(17)9(16)7(5)14/h1-2H. The van der Waals surface area contributed by atoms with Crippen LogP contribution in [0, 0.1) is 5.82 Å². The normalized spacial score (nSPS) is 10.9. The van der Waals surface area contributed by atoms with E-state index >= 15 is 0 Å². The van der Waals surface area contributed by atoms with Crippen LogP contribution in [0.1, 0.15) is 0 Å². The molecule has 0 amide bonds. The van der Waals surface area contributed by atoms with Crippen molar-refractivity contribution in [3.8, 4) is 11.3 Å². The maximum atomic E-state index is 13.9. The van der Waals surface area contributed by atoms with E-state index in [1.54, 1.807) is 0 Å². The molecule has 0 fully saturated rings. The Labute approximate surface area is 138 Å². The molecule has 0 aliphatic rings. The maximum Gasteiger partial charge on any atom is 0.151 e. The Kier molecular flexibility index (Phi) is 4.71. The van der Waals surface area contributed by atoms with Crippen molar-refractivity contribution >= 4 is 69.6 Å². The second kappa shape index (κ2) is 5.80. The van der Waals surface area contributed by atoms with Crippen LogP contribution in [0.4, 0.5) is 4.39 Å². The predicted molar refractivity (Wildman–Crippen MR) is 79.7 cm³/mol. The molecule has 8 heteroatoms. The summed E-state index contributed by atoms with van der Waals surface area (Å²) in [7, 11) is 0. The molecule has 0 aliphatic heterocycles. The fraction of sp³-hybridized carbons (Fsp3) is 0. The quantitative estimate of drug-likeness (QED) is 0.392. The zero-order valence-electron chi connectivity index (χ0n) is 8.75. The topological polar surface area (TPSA) is 12.9 Å². The molecule has 2 aromatic rings. The van der Waals surface area contributed by atoms with E-state index in [1.165, 1.54) is 6.20 Å². The van der Waals surface area contributed by atoms with Crippen molar-refractivity contribution in [3.05, 3.63) is 48.2 Å². The van der Waals surface area contributed by atoms with Crippen LogP contribution < -0.4 is 0 Å². The number of nitrogens with zero attached hydrogens (tertiary/aromatic N) is 1. The summed E-state index contributed by atoms with van der Waals surface area (Å²) >= 11 is 35.3. The van der Waals surface area contributed by atoms with Gasteiger partial charge in [-0.25, -0.2) is 4.39 Å². The Morgan fingerprint density at radius 3 is 1.74 bits per heavy atom. The molecule has 1 aromatic heterocycles. The second-order valence-corrected chi connectivity index (χ2v) is 5.76. The fourth-order valence-corrected chi connectivity index (χ4v) is 2.87. The Morgan fingerprint density at radius 1 is 0.789 bits per heavy atom. The molecular weight excluding hydrogens is 378 g/mol. The van der Waals surface area contributed by atoms with Crippen molar-refractivity contribution in [2.45, 2.75) is 0 Å². The average molecular weight is 380 g/mol. The maximum absolute atomic E-state index is 13.9. The summed E-state index contributed by atoms with van der Waals surface area (Å²) in [6, 6.07) is 1.08. The highest BCUT2D eigenvalue weighted by molar-refractivity contribution is 6.56. The van der Waals surface area contributed by atoms with Crippen molar-refractivity contribution in [2.24, 2.45) is 0 Å². The lowest BCUT2D eigenvalue weighted by Crippen LogP contribution is -1.93. The van der Waals surface area contributed by atoms with Crippen molar-refractivity contribution < 1.29 is 4.39 Å². The minimum Gasteiger partial charge on any atom is -0.252 e. The van der Waals surface area contributed by atoms with Gasteiger partial charge in [-0.05, 0) is 6.07 Å². The lowest BCUT2D eigenvalue weighted by Gasteiger charge is -2.12. The van der Waals surface area contributed by atoms with Gasteiger partial charge in [0.15, 0.2) is 5.82 Å². The molecule has 0 saturated carbocycles. The molecular formula is C11H2Cl6FN. The summed E-state index contributed by atoms with van der Waals surface area (Å²) in [5.74, 6) is -0.703. The smallest absolute Gasteiger partial charge is 0.151 e. The van der Waals surface area contributed by atoms with E-state index in [9.17, 15) is 4.39 Å². The summed E-state index contributed by atoms with van der Waals surface area (Å²) in [6.45, 7) is 0. The van der Waals surface area contributed by atoms with E-state index in [-0.39, 0.29) is 41.4 Å². The van der Waals surface area contributed by atoms with E-state index in [0.29, 0.717) is 0 Å². The minimum absolute atomic E-state index is 0.00328. The Balaban J connectivity index is 2.83. The lowest BCUT2D eigenvalue weighted by molar-refractivity contribution is 0.626. The molecule has 100 valence electrons. The molecule has 2 rings (SSSR count). The fourth-order valence-electron chi connectivity index (χ4n) is 1.41. The molecule has 0 N–H and O–H groups in total. The first-order valence-corrected chi connectivity index (χ1v) is 6.94. The first-order chi connectivity index (χ1) is 8.84. The molecule has 0 saturated heterocycles. The van der Waals surface area contributed by atoms with Crippen LogP contribution in [0.2, 0.25) is 30.1 Å². The predicted octanol–water partition coefficient (Wildman–Crippen LogP) is 6.81. The van der Waals surface area contributed by atoms with Crippen LogP contribution in [0.15, 0.2) is 12.3 Å². The first kappa shape index (κ1) is 15.4. The van der Waals surface area contributed by atoms with Gasteiger partial charge in [0, 0.05) is 11.8 Å². The molecule has 0 bridgehead atoms. The molecule has 1 heterocycles. The lowest BCUT2D eigenvalue weighted by atomic mass is 10.1. The minimum atomic E-state index is -0.703. The number of rotatable bonds is 1. The number of hydrogen-bond acceptors (Lipinski definition) is 1. The summed E-state index contributed by atoms with van der Waals surface area (Å²) < 4.78 is 13.9. The molecule has 0 aliphatic carbocycles. The van der Waals surface area contributed by atoms with Gasteiger partial charge < -0.3 is 0 Å².